The molecule has 4 rings (SSSR count). The van der Waals surface area contributed by atoms with E-state index in [1.54, 1.807) is 35.4 Å². The smallest absolute Gasteiger partial charge is 0.308 e. The normalized spacial score (nSPS) is 16.2. The zero-order valence-electron chi connectivity index (χ0n) is 15.8. The molecule has 1 atom stereocenters. The number of rotatable bonds is 4. The fraction of sp³-hybridized carbons (Fsp3) is 0.238. The van der Waals surface area contributed by atoms with E-state index in [1.165, 1.54) is 16.2 Å². The summed E-state index contributed by atoms with van der Waals surface area (Å²) >= 11 is 2.90. The molecule has 1 amide bonds. The number of hydrogen-bond acceptors (Lipinski definition) is 5. The summed E-state index contributed by atoms with van der Waals surface area (Å²) in [5.41, 5.74) is 1.79. The number of benzene rings is 2. The minimum Gasteiger partial charge on any atom is -0.497 e. The van der Waals surface area contributed by atoms with Crippen molar-refractivity contribution >= 4 is 40.5 Å². The highest BCUT2D eigenvalue weighted by Gasteiger charge is 2.37. The second-order valence-corrected chi connectivity index (χ2v) is 8.44. The quantitative estimate of drug-likeness (QED) is 0.597. The van der Waals surface area contributed by atoms with Gasteiger partial charge in [0, 0.05) is 24.3 Å². The van der Waals surface area contributed by atoms with Gasteiger partial charge in [0.2, 0.25) is 5.91 Å². The van der Waals surface area contributed by atoms with Gasteiger partial charge in [-0.15, -0.1) is 11.8 Å². The minimum atomic E-state index is -0.105. The Morgan fingerprint density at radius 2 is 1.75 bits per heavy atom. The summed E-state index contributed by atoms with van der Waals surface area (Å²) in [7, 11) is 3.33. The summed E-state index contributed by atoms with van der Waals surface area (Å²) in [5.74, 6) is 1.26. The van der Waals surface area contributed by atoms with Crippen LogP contribution >= 0.6 is 23.1 Å². The van der Waals surface area contributed by atoms with Gasteiger partial charge in [-0.2, -0.15) is 0 Å². The molecule has 0 N–H and O–H groups in total. The number of amides is 1. The van der Waals surface area contributed by atoms with Gasteiger partial charge in [-0.25, -0.2) is 0 Å². The van der Waals surface area contributed by atoms with Crippen LogP contribution in [0.3, 0.4) is 0 Å². The number of hydrogen-bond donors (Lipinski definition) is 0. The molecular weight excluding hydrogens is 392 g/mol. The number of anilines is 2. The van der Waals surface area contributed by atoms with Crippen molar-refractivity contribution in [1.82, 2.24) is 4.57 Å². The number of nitrogens with zero attached hydrogens (tertiary/aromatic N) is 2. The SMILES string of the molecule is COc1ccc(N2C(=O)CC(c3ccc(SC)cc3)c3sc(=O)n(C)c32)cc1. The molecule has 0 bridgehead atoms. The fourth-order valence-corrected chi connectivity index (χ4v) is 5.03. The summed E-state index contributed by atoms with van der Waals surface area (Å²) < 4.78 is 6.79. The van der Waals surface area contributed by atoms with Gasteiger partial charge in [-0.05, 0) is 48.2 Å². The number of fused-ring (bicyclic) bond motifs is 1. The first kappa shape index (κ1) is 18.8. The van der Waals surface area contributed by atoms with Crippen molar-refractivity contribution in [3.8, 4) is 5.75 Å². The van der Waals surface area contributed by atoms with Crippen molar-refractivity contribution in [2.24, 2.45) is 7.05 Å². The number of thioether (sulfide) groups is 1. The van der Waals surface area contributed by atoms with Crippen molar-refractivity contribution in [2.75, 3.05) is 18.3 Å². The van der Waals surface area contributed by atoms with Gasteiger partial charge in [-0.1, -0.05) is 23.5 Å². The number of methoxy groups -OCH3 is 1. The molecule has 144 valence electrons. The number of aromatic nitrogens is 1. The van der Waals surface area contributed by atoms with Crippen LogP contribution in [0.4, 0.5) is 11.5 Å². The molecule has 1 unspecified atom stereocenters. The Morgan fingerprint density at radius 3 is 2.36 bits per heavy atom. The minimum absolute atomic E-state index is 0.0231. The zero-order chi connectivity index (χ0) is 19.8. The molecular formula is C21H20N2O3S2. The third-order valence-corrected chi connectivity index (χ3v) is 6.89. The maximum Gasteiger partial charge on any atom is 0.308 e. The molecule has 1 aliphatic heterocycles. The molecule has 0 fully saturated rings. The van der Waals surface area contributed by atoms with E-state index in [2.05, 4.69) is 24.3 Å². The largest absolute Gasteiger partial charge is 0.497 e. The number of ether oxygens (including phenoxy) is 1. The molecule has 0 radical (unpaired) electrons. The van der Waals surface area contributed by atoms with Crippen LogP contribution in [0.15, 0.2) is 58.2 Å². The van der Waals surface area contributed by atoms with Crippen LogP contribution in [-0.2, 0) is 11.8 Å². The highest BCUT2D eigenvalue weighted by molar-refractivity contribution is 7.98. The molecule has 0 saturated carbocycles. The van der Waals surface area contributed by atoms with Gasteiger partial charge < -0.3 is 4.74 Å². The maximum absolute atomic E-state index is 13.2. The Balaban J connectivity index is 1.82. The van der Waals surface area contributed by atoms with Crippen molar-refractivity contribution in [1.29, 1.82) is 0 Å². The lowest BCUT2D eigenvalue weighted by Crippen LogP contribution is -2.34. The second kappa shape index (κ2) is 7.48. The van der Waals surface area contributed by atoms with Crippen LogP contribution in [0.1, 0.15) is 22.8 Å². The van der Waals surface area contributed by atoms with Crippen LogP contribution in [0.5, 0.6) is 5.75 Å². The Labute approximate surface area is 171 Å². The molecule has 0 saturated heterocycles. The Hall–Kier alpha value is -2.51. The molecule has 5 nitrogen and oxygen atoms in total. The van der Waals surface area contributed by atoms with Crippen LogP contribution in [0, 0.1) is 0 Å². The van der Waals surface area contributed by atoms with E-state index in [0.29, 0.717) is 12.2 Å². The molecule has 7 heteroatoms. The van der Waals surface area contributed by atoms with E-state index in [0.717, 1.165) is 21.9 Å². The van der Waals surface area contributed by atoms with Crippen LogP contribution in [-0.4, -0.2) is 23.8 Å². The van der Waals surface area contributed by atoms with E-state index in [1.807, 2.05) is 30.5 Å². The topological polar surface area (TPSA) is 51.5 Å². The Morgan fingerprint density at radius 1 is 1.07 bits per heavy atom. The standard InChI is InChI=1S/C21H20N2O3S2/c1-22-20-19(28-21(22)25)17(13-4-10-16(27-3)11-5-13)12-18(24)23(20)14-6-8-15(26-2)9-7-14/h4-11,17H,12H2,1-3H3. The number of thiazole rings is 1. The first-order valence-corrected chi connectivity index (χ1v) is 10.9. The predicted octanol–water partition coefficient (Wildman–Crippen LogP) is 4.38. The number of carbonyl (C=O) groups excluding carboxylic acids is 1. The summed E-state index contributed by atoms with van der Waals surface area (Å²) in [4.78, 5) is 29.3. The fourth-order valence-electron chi connectivity index (χ4n) is 3.53. The third-order valence-electron chi connectivity index (χ3n) is 5.01. The first-order valence-electron chi connectivity index (χ1n) is 8.84. The van der Waals surface area contributed by atoms with E-state index >= 15 is 0 Å². The average Bonchev–Trinajstić information content (AvgIpc) is 3.02. The van der Waals surface area contributed by atoms with E-state index < -0.39 is 0 Å². The highest BCUT2D eigenvalue weighted by atomic mass is 32.2. The summed E-state index contributed by atoms with van der Waals surface area (Å²) in [5, 5.41) is 0. The van der Waals surface area contributed by atoms with Crippen LogP contribution in [0.25, 0.3) is 0 Å². The summed E-state index contributed by atoms with van der Waals surface area (Å²) in [6.45, 7) is 0. The lowest BCUT2D eigenvalue weighted by atomic mass is 9.90. The van der Waals surface area contributed by atoms with Gasteiger partial charge in [-0.3, -0.25) is 19.1 Å². The van der Waals surface area contributed by atoms with Crippen molar-refractivity contribution < 1.29 is 9.53 Å². The molecule has 1 aromatic heterocycles. The van der Waals surface area contributed by atoms with Crippen LogP contribution < -0.4 is 14.5 Å². The van der Waals surface area contributed by atoms with Gasteiger partial charge >= 0.3 is 4.87 Å². The van der Waals surface area contributed by atoms with Gasteiger partial charge in [0.05, 0.1) is 17.7 Å². The second-order valence-electron chi connectivity index (χ2n) is 6.57. The Bertz CT molecular complexity index is 1070. The molecule has 2 heterocycles. The van der Waals surface area contributed by atoms with Crippen LogP contribution in [0.2, 0.25) is 0 Å². The maximum atomic E-state index is 13.2. The lowest BCUT2D eigenvalue weighted by Gasteiger charge is -2.32. The molecule has 0 spiro atoms. The van der Waals surface area contributed by atoms with Gasteiger partial charge in [0.15, 0.2) is 0 Å². The van der Waals surface area contributed by atoms with E-state index in [-0.39, 0.29) is 16.7 Å². The molecule has 3 aromatic rings. The van der Waals surface area contributed by atoms with Crippen molar-refractivity contribution in [2.45, 2.75) is 17.2 Å². The summed E-state index contributed by atoms with van der Waals surface area (Å²) in [6.07, 6.45) is 2.37. The lowest BCUT2D eigenvalue weighted by molar-refractivity contribution is -0.118. The number of carbonyl (C=O) groups is 1. The molecule has 2 aromatic carbocycles. The zero-order valence-corrected chi connectivity index (χ0v) is 17.5. The third kappa shape index (κ3) is 3.14. The van der Waals surface area contributed by atoms with Gasteiger partial charge in [0.25, 0.3) is 0 Å². The van der Waals surface area contributed by atoms with Crippen molar-refractivity contribution in [3.63, 3.8) is 0 Å². The van der Waals surface area contributed by atoms with E-state index in [9.17, 15) is 9.59 Å². The van der Waals surface area contributed by atoms with Crippen molar-refractivity contribution in [3.05, 3.63) is 68.6 Å². The molecule has 28 heavy (non-hydrogen) atoms. The van der Waals surface area contributed by atoms with E-state index in [4.69, 9.17) is 4.74 Å². The molecule has 0 aliphatic carbocycles. The predicted molar refractivity (Wildman–Crippen MR) is 114 cm³/mol. The molecule has 1 aliphatic rings. The average molecular weight is 413 g/mol. The first-order chi connectivity index (χ1) is 13.5. The Kier molecular flexibility index (Phi) is 5.03. The highest BCUT2D eigenvalue weighted by Crippen LogP contribution is 2.44. The monoisotopic (exact) mass is 412 g/mol. The summed E-state index contributed by atoms with van der Waals surface area (Å²) in [6, 6.07) is 15.6. The van der Waals surface area contributed by atoms with Gasteiger partial charge in [0.1, 0.15) is 11.6 Å².